The van der Waals surface area contributed by atoms with E-state index < -0.39 is 5.97 Å². The van der Waals surface area contributed by atoms with E-state index in [1.807, 2.05) is 27.7 Å². The minimum atomic E-state index is -0.908. The highest BCUT2D eigenvalue weighted by atomic mass is 32.2. The van der Waals surface area contributed by atoms with Crippen molar-refractivity contribution in [3.8, 4) is 0 Å². The number of aromatic nitrogens is 2. The molecule has 17 heavy (non-hydrogen) atoms. The molecule has 1 N–H and O–H groups in total. The van der Waals surface area contributed by atoms with Gasteiger partial charge in [-0.05, 0) is 18.4 Å². The van der Waals surface area contributed by atoms with Gasteiger partial charge in [0.05, 0.1) is 11.3 Å². The van der Waals surface area contributed by atoms with Crippen LogP contribution < -0.4 is 0 Å². The van der Waals surface area contributed by atoms with E-state index in [2.05, 4.69) is 10.2 Å². The van der Waals surface area contributed by atoms with Gasteiger partial charge in [0.15, 0.2) is 0 Å². The summed E-state index contributed by atoms with van der Waals surface area (Å²) in [7, 11) is 0. The second-order valence-electron chi connectivity index (χ2n) is 3.98. The van der Waals surface area contributed by atoms with Crippen molar-refractivity contribution >= 4 is 17.7 Å². The van der Waals surface area contributed by atoms with Crippen LogP contribution in [0, 0.1) is 0 Å². The molecule has 0 saturated heterocycles. The lowest BCUT2D eigenvalue weighted by Crippen LogP contribution is -2.12. The molecule has 4 nitrogen and oxygen atoms in total. The Kier molecular flexibility index (Phi) is 4.93. The lowest BCUT2D eigenvalue weighted by Gasteiger charge is -2.12. The molecule has 0 aliphatic carbocycles. The molecule has 5 heteroatoms. The summed E-state index contributed by atoms with van der Waals surface area (Å²) < 4.78 is 0. The summed E-state index contributed by atoms with van der Waals surface area (Å²) in [4.78, 5) is 11.4. The predicted octanol–water partition coefficient (Wildman–Crippen LogP) is 2.80. The fraction of sp³-hybridized carbons (Fsp3) is 0.583. The topological polar surface area (TPSA) is 63.1 Å². The van der Waals surface area contributed by atoms with Crippen molar-refractivity contribution in [2.24, 2.45) is 0 Å². The molecular formula is C12H18N2O2S. The fourth-order valence-electron chi connectivity index (χ4n) is 1.68. The van der Waals surface area contributed by atoms with Gasteiger partial charge in [0.1, 0.15) is 5.03 Å². The first-order chi connectivity index (χ1) is 8.01. The highest BCUT2D eigenvalue weighted by Gasteiger charge is 2.21. The molecule has 0 aliphatic rings. The molecule has 0 aromatic carbocycles. The van der Waals surface area contributed by atoms with Gasteiger partial charge in [-0.15, -0.1) is 16.9 Å². The summed E-state index contributed by atoms with van der Waals surface area (Å²) in [6, 6.07) is 0. The molecule has 0 fully saturated rings. The van der Waals surface area contributed by atoms with Crippen molar-refractivity contribution in [3.05, 3.63) is 16.8 Å². The summed E-state index contributed by atoms with van der Waals surface area (Å²) in [6.45, 7) is 7.94. The zero-order valence-corrected chi connectivity index (χ0v) is 11.5. The van der Waals surface area contributed by atoms with E-state index in [9.17, 15) is 9.90 Å². The smallest absolute Gasteiger partial charge is 0.338 e. The van der Waals surface area contributed by atoms with Gasteiger partial charge in [-0.3, -0.25) is 0 Å². The van der Waals surface area contributed by atoms with Gasteiger partial charge in [0, 0.05) is 5.25 Å². The van der Waals surface area contributed by atoms with E-state index >= 15 is 0 Å². The number of aryl methyl sites for hydroxylation is 1. The van der Waals surface area contributed by atoms with Crippen LogP contribution in [-0.2, 0) is 12.8 Å². The highest BCUT2D eigenvalue weighted by Crippen LogP contribution is 2.28. The number of thioether (sulfide) groups is 1. The third-order valence-corrected chi connectivity index (χ3v) is 3.36. The Hall–Kier alpha value is -1.10. The molecular weight excluding hydrogens is 236 g/mol. The van der Waals surface area contributed by atoms with E-state index in [1.54, 1.807) is 0 Å². The van der Waals surface area contributed by atoms with Crippen molar-refractivity contribution in [2.75, 3.05) is 0 Å². The van der Waals surface area contributed by atoms with Gasteiger partial charge in [-0.25, -0.2) is 4.79 Å². The van der Waals surface area contributed by atoms with Crippen molar-refractivity contribution in [1.29, 1.82) is 0 Å². The number of aromatic carboxylic acids is 1. The van der Waals surface area contributed by atoms with Crippen LogP contribution in [0.1, 0.15) is 49.3 Å². The minimum absolute atomic E-state index is 0.291. The van der Waals surface area contributed by atoms with E-state index in [4.69, 9.17) is 0 Å². The highest BCUT2D eigenvalue weighted by molar-refractivity contribution is 7.99. The summed E-state index contributed by atoms with van der Waals surface area (Å²) >= 11 is 1.45. The molecule has 0 spiro atoms. The Balaban J connectivity index is 3.36. The molecule has 0 radical (unpaired) electrons. The molecule has 0 bridgehead atoms. The molecule has 0 amide bonds. The maximum Gasteiger partial charge on any atom is 0.338 e. The van der Waals surface area contributed by atoms with E-state index in [0.717, 1.165) is 11.3 Å². The van der Waals surface area contributed by atoms with Gasteiger partial charge >= 0.3 is 5.97 Å². The molecule has 1 aromatic rings. The van der Waals surface area contributed by atoms with Crippen LogP contribution in [0.5, 0.6) is 0 Å². The molecule has 0 atom stereocenters. The number of carbonyl (C=O) groups is 1. The Morgan fingerprint density at radius 3 is 2.35 bits per heavy atom. The van der Waals surface area contributed by atoms with Crippen LogP contribution >= 0.6 is 11.8 Å². The Morgan fingerprint density at radius 1 is 1.29 bits per heavy atom. The van der Waals surface area contributed by atoms with Gasteiger partial charge in [0.25, 0.3) is 0 Å². The first-order valence-corrected chi connectivity index (χ1v) is 6.67. The third kappa shape index (κ3) is 3.19. The van der Waals surface area contributed by atoms with Crippen LogP contribution in [0.3, 0.4) is 0 Å². The predicted molar refractivity (Wildman–Crippen MR) is 68.7 cm³/mol. The Morgan fingerprint density at radius 2 is 1.94 bits per heavy atom. The lowest BCUT2D eigenvalue weighted by atomic mass is 10.0. The fourth-order valence-corrected chi connectivity index (χ4v) is 2.54. The molecule has 94 valence electrons. The van der Waals surface area contributed by atoms with E-state index in [0.29, 0.717) is 28.7 Å². The summed E-state index contributed by atoms with van der Waals surface area (Å²) in [6.07, 6.45) is 1.38. The molecule has 0 unspecified atom stereocenters. The second-order valence-corrected chi connectivity index (χ2v) is 5.55. The summed E-state index contributed by atoms with van der Waals surface area (Å²) in [5.74, 6) is -0.908. The Labute approximate surface area is 106 Å². The molecule has 1 rings (SSSR count). The molecule has 0 saturated carbocycles. The molecule has 1 aromatic heterocycles. The maximum atomic E-state index is 11.4. The SMILES string of the molecule is CCc1nnc(SC(C)C)c(C(=O)O)c1CC. The van der Waals surface area contributed by atoms with E-state index in [-0.39, 0.29) is 0 Å². The average Bonchev–Trinajstić information content (AvgIpc) is 2.26. The average molecular weight is 254 g/mol. The first kappa shape index (κ1) is 14.0. The zero-order valence-electron chi connectivity index (χ0n) is 10.6. The lowest BCUT2D eigenvalue weighted by molar-refractivity contribution is 0.0690. The molecule has 1 heterocycles. The standard InChI is InChI=1S/C12H18N2O2S/c1-5-8-9(6-2)13-14-11(17-7(3)4)10(8)12(15)16/h7H,5-6H2,1-4H3,(H,15,16). The number of hydrogen-bond acceptors (Lipinski definition) is 4. The third-order valence-electron chi connectivity index (χ3n) is 2.38. The number of nitrogens with zero attached hydrogens (tertiary/aromatic N) is 2. The van der Waals surface area contributed by atoms with Crippen molar-refractivity contribution in [3.63, 3.8) is 0 Å². The zero-order chi connectivity index (χ0) is 13.0. The van der Waals surface area contributed by atoms with Gasteiger partial charge in [0.2, 0.25) is 0 Å². The largest absolute Gasteiger partial charge is 0.478 e. The number of hydrogen-bond donors (Lipinski definition) is 1. The summed E-state index contributed by atoms with van der Waals surface area (Å²) in [5.41, 5.74) is 1.94. The van der Waals surface area contributed by atoms with Gasteiger partial charge in [-0.2, -0.15) is 5.10 Å². The van der Waals surface area contributed by atoms with Crippen molar-refractivity contribution in [2.45, 2.75) is 50.8 Å². The monoisotopic (exact) mass is 254 g/mol. The van der Waals surface area contributed by atoms with Crippen LogP contribution in [0.2, 0.25) is 0 Å². The summed E-state index contributed by atoms with van der Waals surface area (Å²) in [5, 5.41) is 18.3. The minimum Gasteiger partial charge on any atom is -0.478 e. The van der Waals surface area contributed by atoms with Crippen LogP contribution in [-0.4, -0.2) is 26.5 Å². The normalized spacial score (nSPS) is 10.9. The van der Waals surface area contributed by atoms with E-state index in [1.165, 1.54) is 11.8 Å². The van der Waals surface area contributed by atoms with Crippen molar-refractivity contribution < 1.29 is 9.90 Å². The van der Waals surface area contributed by atoms with Gasteiger partial charge < -0.3 is 5.11 Å². The van der Waals surface area contributed by atoms with Crippen LogP contribution in [0.4, 0.5) is 0 Å². The maximum absolute atomic E-state index is 11.4. The quantitative estimate of drug-likeness (QED) is 0.819. The second kappa shape index (κ2) is 6.00. The Bertz CT molecular complexity index is 419. The number of carboxylic acid groups (broad SMARTS) is 1. The number of carboxylic acids is 1. The van der Waals surface area contributed by atoms with Crippen LogP contribution in [0.25, 0.3) is 0 Å². The molecule has 0 aliphatic heterocycles. The van der Waals surface area contributed by atoms with Gasteiger partial charge in [-0.1, -0.05) is 27.7 Å². The first-order valence-electron chi connectivity index (χ1n) is 5.79. The van der Waals surface area contributed by atoms with Crippen molar-refractivity contribution in [1.82, 2.24) is 10.2 Å². The van der Waals surface area contributed by atoms with Crippen LogP contribution in [0.15, 0.2) is 5.03 Å². The number of rotatable bonds is 5.